The molecule has 86 valence electrons. The van der Waals surface area contributed by atoms with Gasteiger partial charge in [0.15, 0.2) is 0 Å². The van der Waals surface area contributed by atoms with Gasteiger partial charge < -0.3 is 15.4 Å². The smallest absolute Gasteiger partial charge is 0.221 e. The minimum atomic E-state index is 0.109. The fraction of sp³-hybridized carbons (Fsp3) is 0.417. The summed E-state index contributed by atoms with van der Waals surface area (Å²) in [5.41, 5.74) is 1.14. The van der Waals surface area contributed by atoms with Crippen LogP contribution in [0.3, 0.4) is 0 Å². The summed E-state index contributed by atoms with van der Waals surface area (Å²) in [4.78, 5) is 11.2. The first-order valence-electron chi connectivity index (χ1n) is 5.43. The Morgan fingerprint density at radius 2 is 2.31 bits per heavy atom. The summed E-state index contributed by atoms with van der Waals surface area (Å²) in [6, 6.07) is 8.08. The SMILES string of the molecule is COc1cccc(C2CNC(=O)CCN2)c1. The Morgan fingerprint density at radius 3 is 3.12 bits per heavy atom. The number of hydrogen-bond donors (Lipinski definition) is 2. The molecule has 0 saturated carbocycles. The highest BCUT2D eigenvalue weighted by molar-refractivity contribution is 5.76. The van der Waals surface area contributed by atoms with E-state index in [1.807, 2.05) is 24.3 Å². The molecule has 16 heavy (non-hydrogen) atoms. The molecule has 1 fully saturated rings. The second-order valence-electron chi connectivity index (χ2n) is 3.84. The number of hydrogen-bond acceptors (Lipinski definition) is 3. The number of nitrogens with one attached hydrogen (secondary N) is 2. The summed E-state index contributed by atoms with van der Waals surface area (Å²) >= 11 is 0. The van der Waals surface area contributed by atoms with Crippen LogP contribution in [-0.4, -0.2) is 26.1 Å². The summed E-state index contributed by atoms with van der Waals surface area (Å²) < 4.78 is 5.18. The first-order chi connectivity index (χ1) is 7.79. The predicted molar refractivity (Wildman–Crippen MR) is 61.4 cm³/mol. The average molecular weight is 220 g/mol. The summed E-state index contributed by atoms with van der Waals surface area (Å²) in [5.74, 6) is 0.952. The monoisotopic (exact) mass is 220 g/mol. The number of rotatable bonds is 2. The summed E-state index contributed by atoms with van der Waals surface area (Å²) in [6.07, 6.45) is 0.542. The first-order valence-corrected chi connectivity index (χ1v) is 5.43. The highest BCUT2D eigenvalue weighted by atomic mass is 16.5. The number of methoxy groups -OCH3 is 1. The van der Waals surface area contributed by atoms with Gasteiger partial charge in [0.25, 0.3) is 0 Å². The summed E-state index contributed by atoms with van der Waals surface area (Å²) in [6.45, 7) is 1.35. The Bertz CT molecular complexity index is 379. The standard InChI is InChI=1S/C12H16N2O2/c1-16-10-4-2-3-9(7-10)11-8-14-12(15)5-6-13-11/h2-4,7,11,13H,5-6,8H2,1H3,(H,14,15). The van der Waals surface area contributed by atoms with E-state index < -0.39 is 0 Å². The average Bonchev–Trinajstić information content (AvgIpc) is 2.54. The molecule has 2 rings (SSSR count). The van der Waals surface area contributed by atoms with Crippen molar-refractivity contribution in [3.05, 3.63) is 29.8 Å². The zero-order chi connectivity index (χ0) is 11.4. The molecule has 1 heterocycles. The molecule has 1 saturated heterocycles. The van der Waals surface area contributed by atoms with E-state index in [2.05, 4.69) is 10.6 Å². The molecule has 1 unspecified atom stereocenters. The topological polar surface area (TPSA) is 50.4 Å². The maximum atomic E-state index is 11.2. The molecule has 0 spiro atoms. The van der Waals surface area contributed by atoms with E-state index in [4.69, 9.17) is 4.74 Å². The van der Waals surface area contributed by atoms with E-state index >= 15 is 0 Å². The Hall–Kier alpha value is -1.55. The Kier molecular flexibility index (Phi) is 3.41. The van der Waals surface area contributed by atoms with E-state index in [1.54, 1.807) is 7.11 Å². The quantitative estimate of drug-likeness (QED) is 0.776. The molecular weight excluding hydrogens is 204 g/mol. The molecule has 0 aromatic heterocycles. The van der Waals surface area contributed by atoms with Crippen LogP contribution < -0.4 is 15.4 Å². The third-order valence-corrected chi connectivity index (χ3v) is 2.74. The van der Waals surface area contributed by atoms with Crippen molar-refractivity contribution in [3.8, 4) is 5.75 Å². The van der Waals surface area contributed by atoms with Gasteiger partial charge in [-0.15, -0.1) is 0 Å². The highest BCUT2D eigenvalue weighted by Crippen LogP contribution is 2.19. The van der Waals surface area contributed by atoms with E-state index in [0.29, 0.717) is 19.5 Å². The van der Waals surface area contributed by atoms with Crippen molar-refractivity contribution >= 4 is 5.91 Å². The van der Waals surface area contributed by atoms with Gasteiger partial charge in [0.05, 0.1) is 7.11 Å². The molecule has 1 amide bonds. The van der Waals surface area contributed by atoms with E-state index in [-0.39, 0.29) is 11.9 Å². The van der Waals surface area contributed by atoms with Gasteiger partial charge in [-0.05, 0) is 17.7 Å². The number of amides is 1. The van der Waals surface area contributed by atoms with Crippen molar-refractivity contribution < 1.29 is 9.53 Å². The Balaban J connectivity index is 2.13. The minimum absolute atomic E-state index is 0.109. The van der Waals surface area contributed by atoms with Crippen LogP contribution in [0.1, 0.15) is 18.0 Å². The van der Waals surface area contributed by atoms with Crippen molar-refractivity contribution in [2.45, 2.75) is 12.5 Å². The molecule has 1 aromatic rings. The van der Waals surface area contributed by atoms with Crippen LogP contribution in [0.2, 0.25) is 0 Å². The number of carbonyl (C=O) groups excluding carboxylic acids is 1. The summed E-state index contributed by atoms with van der Waals surface area (Å²) in [5, 5.41) is 6.23. The molecular formula is C12H16N2O2. The molecule has 4 nitrogen and oxygen atoms in total. The minimum Gasteiger partial charge on any atom is -0.497 e. The zero-order valence-corrected chi connectivity index (χ0v) is 9.32. The van der Waals surface area contributed by atoms with Gasteiger partial charge in [-0.3, -0.25) is 4.79 Å². The fourth-order valence-corrected chi connectivity index (χ4v) is 1.83. The van der Waals surface area contributed by atoms with Crippen molar-refractivity contribution in [2.75, 3.05) is 20.2 Å². The molecule has 1 aliphatic rings. The second-order valence-corrected chi connectivity index (χ2v) is 3.84. The van der Waals surface area contributed by atoms with Crippen LogP contribution in [-0.2, 0) is 4.79 Å². The lowest BCUT2D eigenvalue weighted by Gasteiger charge is -2.16. The summed E-state index contributed by atoms with van der Waals surface area (Å²) in [7, 11) is 1.65. The van der Waals surface area contributed by atoms with Gasteiger partial charge in [-0.1, -0.05) is 12.1 Å². The van der Waals surface area contributed by atoms with Crippen molar-refractivity contribution in [3.63, 3.8) is 0 Å². The van der Waals surface area contributed by atoms with E-state index in [9.17, 15) is 4.79 Å². The molecule has 0 radical (unpaired) electrons. The highest BCUT2D eigenvalue weighted by Gasteiger charge is 2.16. The van der Waals surface area contributed by atoms with Gasteiger partial charge in [0, 0.05) is 25.6 Å². The fourth-order valence-electron chi connectivity index (χ4n) is 1.83. The molecule has 2 N–H and O–H groups in total. The lowest BCUT2D eigenvalue weighted by Crippen LogP contribution is -2.28. The zero-order valence-electron chi connectivity index (χ0n) is 9.32. The Morgan fingerprint density at radius 1 is 1.44 bits per heavy atom. The van der Waals surface area contributed by atoms with Crippen molar-refractivity contribution in [1.29, 1.82) is 0 Å². The molecule has 1 aliphatic heterocycles. The lowest BCUT2D eigenvalue weighted by atomic mass is 10.1. The van der Waals surface area contributed by atoms with Crippen LogP contribution in [0.15, 0.2) is 24.3 Å². The van der Waals surface area contributed by atoms with E-state index in [0.717, 1.165) is 11.3 Å². The van der Waals surface area contributed by atoms with Gasteiger partial charge >= 0.3 is 0 Å². The van der Waals surface area contributed by atoms with Crippen molar-refractivity contribution in [1.82, 2.24) is 10.6 Å². The number of ether oxygens (including phenoxy) is 1. The maximum absolute atomic E-state index is 11.2. The number of benzene rings is 1. The van der Waals surface area contributed by atoms with Gasteiger partial charge in [0.1, 0.15) is 5.75 Å². The van der Waals surface area contributed by atoms with Crippen LogP contribution in [0, 0.1) is 0 Å². The normalized spacial score (nSPS) is 21.1. The molecule has 1 atom stereocenters. The third-order valence-electron chi connectivity index (χ3n) is 2.74. The largest absolute Gasteiger partial charge is 0.497 e. The second kappa shape index (κ2) is 4.99. The van der Waals surface area contributed by atoms with E-state index in [1.165, 1.54) is 0 Å². The van der Waals surface area contributed by atoms with Gasteiger partial charge in [-0.2, -0.15) is 0 Å². The van der Waals surface area contributed by atoms with Crippen molar-refractivity contribution in [2.24, 2.45) is 0 Å². The lowest BCUT2D eigenvalue weighted by molar-refractivity contribution is -0.120. The van der Waals surface area contributed by atoms with Crippen LogP contribution in [0.5, 0.6) is 5.75 Å². The predicted octanol–water partition coefficient (Wildman–Crippen LogP) is 0.846. The molecule has 0 aliphatic carbocycles. The van der Waals surface area contributed by atoms with Crippen LogP contribution in [0.4, 0.5) is 0 Å². The maximum Gasteiger partial charge on any atom is 0.221 e. The molecule has 4 heteroatoms. The molecule has 1 aromatic carbocycles. The van der Waals surface area contributed by atoms with Gasteiger partial charge in [-0.25, -0.2) is 0 Å². The number of carbonyl (C=O) groups is 1. The van der Waals surface area contributed by atoms with Gasteiger partial charge in [0.2, 0.25) is 5.91 Å². The molecule has 0 bridgehead atoms. The third kappa shape index (κ3) is 2.52. The first kappa shape index (κ1) is 11.0. The van der Waals surface area contributed by atoms with Crippen LogP contribution >= 0.6 is 0 Å². The van der Waals surface area contributed by atoms with Crippen LogP contribution in [0.25, 0.3) is 0 Å². The Labute approximate surface area is 95.0 Å².